The van der Waals surface area contributed by atoms with Crippen LogP contribution in [0.3, 0.4) is 0 Å². The van der Waals surface area contributed by atoms with Crippen LogP contribution in [0, 0.1) is 37.5 Å². The van der Waals surface area contributed by atoms with Crippen molar-refractivity contribution in [3.63, 3.8) is 0 Å². The van der Waals surface area contributed by atoms with Crippen LogP contribution in [0.5, 0.6) is 0 Å². The molecule has 7 nitrogen and oxygen atoms in total. The highest BCUT2D eigenvalue weighted by atomic mass is 19.1. The van der Waals surface area contributed by atoms with Gasteiger partial charge in [-0.3, -0.25) is 14.4 Å². The number of carbonyl (C=O) groups is 3. The lowest BCUT2D eigenvalue weighted by Crippen LogP contribution is -2.51. The van der Waals surface area contributed by atoms with Gasteiger partial charge in [0.1, 0.15) is 0 Å². The van der Waals surface area contributed by atoms with E-state index in [1.54, 1.807) is 25.5 Å². The molecule has 4 atom stereocenters. The van der Waals surface area contributed by atoms with Crippen molar-refractivity contribution in [3.05, 3.63) is 46.8 Å². The molecule has 2 aromatic rings. The van der Waals surface area contributed by atoms with Crippen molar-refractivity contribution in [1.29, 1.82) is 0 Å². The second-order valence-corrected chi connectivity index (χ2v) is 9.80. The van der Waals surface area contributed by atoms with Gasteiger partial charge in [-0.15, -0.1) is 0 Å². The molecule has 0 saturated heterocycles. The van der Waals surface area contributed by atoms with Crippen molar-refractivity contribution < 1.29 is 18.8 Å². The summed E-state index contributed by atoms with van der Waals surface area (Å²) in [5.74, 6) is -0.472. The van der Waals surface area contributed by atoms with E-state index in [1.807, 2.05) is 0 Å². The molecule has 32 heavy (non-hydrogen) atoms. The van der Waals surface area contributed by atoms with Crippen LogP contribution in [0.2, 0.25) is 0 Å². The van der Waals surface area contributed by atoms with Gasteiger partial charge < -0.3 is 15.2 Å². The zero-order valence-electron chi connectivity index (χ0n) is 18.5. The van der Waals surface area contributed by atoms with E-state index in [2.05, 4.69) is 15.6 Å². The van der Waals surface area contributed by atoms with Crippen LogP contribution in [0.25, 0.3) is 0 Å². The van der Waals surface area contributed by atoms with E-state index in [4.69, 9.17) is 0 Å². The number of aromatic nitrogens is 2. The lowest BCUT2D eigenvalue weighted by molar-refractivity contribution is -0.119. The zero-order chi connectivity index (χ0) is 22.8. The lowest BCUT2D eigenvalue weighted by atomic mass is 9.80. The monoisotopic (exact) mass is 438 g/mol. The number of rotatable bonds is 5. The highest BCUT2D eigenvalue weighted by Gasteiger charge is 2.58. The highest BCUT2D eigenvalue weighted by molar-refractivity contribution is 6.43. The third-order valence-corrected chi connectivity index (χ3v) is 7.92. The molecule has 2 heterocycles. The molecular weight excluding hydrogens is 411 g/mol. The summed E-state index contributed by atoms with van der Waals surface area (Å²) in [6.45, 7) is 3.41. The third-order valence-electron chi connectivity index (χ3n) is 7.92. The fourth-order valence-electron chi connectivity index (χ4n) is 6.67. The molecule has 2 aromatic heterocycles. The minimum Gasteiger partial charge on any atom is -0.344 e. The van der Waals surface area contributed by atoms with Gasteiger partial charge in [0.15, 0.2) is 0 Å². The number of ketones is 1. The molecule has 2 amide bonds. The number of carbonyl (C=O) groups excluding carboxylic acids is 3. The second-order valence-electron chi connectivity index (χ2n) is 9.80. The predicted octanol–water partition coefficient (Wildman–Crippen LogP) is 3.31. The Kier molecular flexibility index (Phi) is 4.72. The molecule has 4 fully saturated rings. The number of anilines is 1. The number of nitrogens with zero attached hydrogens (tertiary/aromatic N) is 2. The molecule has 4 bridgehead atoms. The number of nitrogens with one attached hydrogen (secondary N) is 2. The van der Waals surface area contributed by atoms with Gasteiger partial charge in [0.2, 0.25) is 5.95 Å². The first-order valence-electron chi connectivity index (χ1n) is 11.1. The average Bonchev–Trinajstić information content (AvgIpc) is 3.22. The third kappa shape index (κ3) is 3.15. The Morgan fingerprint density at radius 3 is 2.44 bits per heavy atom. The van der Waals surface area contributed by atoms with Crippen molar-refractivity contribution in [2.45, 2.75) is 51.5 Å². The van der Waals surface area contributed by atoms with Gasteiger partial charge in [0.25, 0.3) is 17.6 Å². The Balaban J connectivity index is 1.38. The van der Waals surface area contributed by atoms with Crippen LogP contribution in [0.15, 0.2) is 18.3 Å². The minimum atomic E-state index is -0.641. The normalized spacial score (nSPS) is 27.6. The fraction of sp³-hybridized carbons (Fsp3) is 0.500. The molecule has 4 aliphatic carbocycles. The van der Waals surface area contributed by atoms with Gasteiger partial charge in [0.05, 0.1) is 23.1 Å². The van der Waals surface area contributed by atoms with E-state index in [0.29, 0.717) is 40.3 Å². The summed E-state index contributed by atoms with van der Waals surface area (Å²) >= 11 is 0. The van der Waals surface area contributed by atoms with Crippen LogP contribution in [-0.4, -0.2) is 32.7 Å². The van der Waals surface area contributed by atoms with Crippen molar-refractivity contribution in [3.8, 4) is 0 Å². The van der Waals surface area contributed by atoms with Crippen LogP contribution in [-0.2, 0) is 11.8 Å². The molecule has 0 aromatic carbocycles. The molecule has 0 radical (unpaired) electrons. The summed E-state index contributed by atoms with van der Waals surface area (Å²) < 4.78 is 14.6. The van der Waals surface area contributed by atoms with Gasteiger partial charge in [0, 0.05) is 18.3 Å². The number of hydrogen-bond donors (Lipinski definition) is 2. The standard InChI is InChI=1S/C24H27FN4O3/c1-12-19(22(31)27-17-4-5-18(25)26-11-17)13(2)29(3)20(12)21(30)23(32)28-24-9-14-6-15(10-24)8-16(24)7-14/h4-5,11,14-16H,6-10H2,1-3H3,(H,27,31)(H,28,32)/t14-,15+,16?,24?. The molecular formula is C24H27FN4O3. The fourth-order valence-corrected chi connectivity index (χ4v) is 6.67. The molecule has 0 spiro atoms. The van der Waals surface area contributed by atoms with Crippen molar-refractivity contribution in [2.75, 3.05) is 5.32 Å². The summed E-state index contributed by atoms with van der Waals surface area (Å²) in [6.07, 6.45) is 6.71. The van der Waals surface area contributed by atoms with Crippen LogP contribution < -0.4 is 10.6 Å². The molecule has 2 N–H and O–H groups in total. The summed E-state index contributed by atoms with van der Waals surface area (Å²) in [6, 6.07) is 2.57. The van der Waals surface area contributed by atoms with Gasteiger partial charge in [-0.1, -0.05) is 0 Å². The molecule has 6 rings (SSSR count). The van der Waals surface area contributed by atoms with E-state index in [-0.39, 0.29) is 11.2 Å². The number of amides is 2. The van der Waals surface area contributed by atoms with Gasteiger partial charge in [-0.2, -0.15) is 4.39 Å². The Bertz CT molecular complexity index is 1120. The molecule has 168 valence electrons. The van der Waals surface area contributed by atoms with Gasteiger partial charge >= 0.3 is 0 Å². The quantitative estimate of drug-likeness (QED) is 0.426. The molecule has 4 saturated carbocycles. The zero-order valence-corrected chi connectivity index (χ0v) is 18.5. The van der Waals surface area contributed by atoms with E-state index in [0.717, 1.165) is 31.7 Å². The lowest BCUT2D eigenvalue weighted by Gasteiger charge is -2.33. The Labute approximate surface area is 185 Å². The van der Waals surface area contributed by atoms with Crippen LogP contribution in [0.1, 0.15) is 64.2 Å². The molecule has 8 heteroatoms. The number of Topliss-reactive ketones (excluding diaryl/α,β-unsaturated/α-hetero) is 1. The largest absolute Gasteiger partial charge is 0.344 e. The van der Waals surface area contributed by atoms with E-state index >= 15 is 0 Å². The minimum absolute atomic E-state index is 0.219. The SMILES string of the molecule is Cc1c(C(=O)Nc2ccc(F)nc2)c(C)n(C)c1C(=O)C(=O)NC12C[C@@H]3CC1C[C@@H](C3)C2. The highest BCUT2D eigenvalue weighted by Crippen LogP contribution is 2.60. The van der Waals surface area contributed by atoms with E-state index in [9.17, 15) is 18.8 Å². The van der Waals surface area contributed by atoms with Crippen molar-refractivity contribution >= 4 is 23.3 Å². The van der Waals surface area contributed by atoms with E-state index < -0.39 is 23.5 Å². The Morgan fingerprint density at radius 1 is 1.12 bits per heavy atom. The topological polar surface area (TPSA) is 93.1 Å². The Morgan fingerprint density at radius 2 is 1.81 bits per heavy atom. The maximum Gasteiger partial charge on any atom is 0.294 e. The smallest absolute Gasteiger partial charge is 0.294 e. The summed E-state index contributed by atoms with van der Waals surface area (Å²) in [4.78, 5) is 42.7. The predicted molar refractivity (Wildman–Crippen MR) is 116 cm³/mol. The van der Waals surface area contributed by atoms with Gasteiger partial charge in [-0.05, 0) is 81.4 Å². The molecule has 0 aliphatic heterocycles. The summed E-state index contributed by atoms with van der Waals surface area (Å²) in [5, 5.41) is 5.80. The van der Waals surface area contributed by atoms with Gasteiger partial charge in [-0.25, -0.2) is 4.98 Å². The van der Waals surface area contributed by atoms with Crippen LogP contribution in [0.4, 0.5) is 10.1 Å². The van der Waals surface area contributed by atoms with Crippen molar-refractivity contribution in [2.24, 2.45) is 24.8 Å². The average molecular weight is 439 g/mol. The van der Waals surface area contributed by atoms with Crippen molar-refractivity contribution in [1.82, 2.24) is 14.9 Å². The second kappa shape index (κ2) is 7.25. The van der Waals surface area contributed by atoms with Crippen LogP contribution >= 0.6 is 0 Å². The molecule has 4 aliphatic rings. The first-order valence-corrected chi connectivity index (χ1v) is 11.1. The number of hydrogen-bond acceptors (Lipinski definition) is 4. The molecule has 2 unspecified atom stereocenters. The first kappa shape index (κ1) is 20.8. The maximum absolute atomic E-state index is 13.2. The number of pyridine rings is 1. The van der Waals surface area contributed by atoms with E-state index in [1.165, 1.54) is 18.7 Å². The number of halogens is 1. The Hall–Kier alpha value is -3.03. The first-order chi connectivity index (χ1) is 15.2. The summed E-state index contributed by atoms with van der Waals surface area (Å²) in [7, 11) is 1.68. The summed E-state index contributed by atoms with van der Waals surface area (Å²) in [5.41, 5.74) is 1.68. The maximum atomic E-state index is 13.2.